The van der Waals surface area contributed by atoms with E-state index in [0.717, 1.165) is 16.7 Å². The Hall–Kier alpha value is -4.13. The molecular weight excluding hydrogens is 432 g/mol. The summed E-state index contributed by atoms with van der Waals surface area (Å²) in [5.41, 5.74) is 4.81. The van der Waals surface area contributed by atoms with Crippen LogP contribution >= 0.6 is 0 Å². The van der Waals surface area contributed by atoms with Crippen LogP contribution in [0.1, 0.15) is 35.4 Å². The summed E-state index contributed by atoms with van der Waals surface area (Å²) < 4.78 is 5.55. The summed E-state index contributed by atoms with van der Waals surface area (Å²) >= 11 is 0. The summed E-state index contributed by atoms with van der Waals surface area (Å²) in [6.45, 7) is 0.226. The predicted octanol–water partition coefficient (Wildman–Crippen LogP) is 4.32. The first-order chi connectivity index (χ1) is 16.4. The molecule has 2 aliphatic rings. The lowest BCUT2D eigenvalue weighted by Crippen LogP contribution is -2.43. The van der Waals surface area contributed by atoms with Crippen molar-refractivity contribution in [3.8, 4) is 11.1 Å². The highest BCUT2D eigenvalue weighted by Gasteiger charge is 2.51. The molecule has 172 valence electrons. The van der Waals surface area contributed by atoms with Gasteiger partial charge in [-0.2, -0.15) is 0 Å². The first-order valence-electron chi connectivity index (χ1n) is 11.2. The summed E-state index contributed by atoms with van der Waals surface area (Å²) in [5.74, 6) is -1.35. The molecule has 2 amide bonds. The number of carbonyl (C=O) groups excluding carboxylic acids is 2. The molecule has 1 saturated carbocycles. The quantitative estimate of drug-likeness (QED) is 0.491. The Kier molecular flexibility index (Phi) is 5.53. The van der Waals surface area contributed by atoms with Gasteiger partial charge in [0.1, 0.15) is 12.1 Å². The smallest absolute Gasteiger partial charge is 0.411 e. The molecule has 0 radical (unpaired) electrons. The molecule has 34 heavy (non-hydrogen) atoms. The molecular formula is C27H24N2O5. The molecule has 2 aliphatic carbocycles. The minimum Gasteiger partial charge on any atom is -0.480 e. The lowest BCUT2D eigenvalue weighted by Gasteiger charge is -2.15. The van der Waals surface area contributed by atoms with Crippen LogP contribution in [-0.4, -0.2) is 35.2 Å². The van der Waals surface area contributed by atoms with Crippen molar-refractivity contribution in [2.75, 3.05) is 11.9 Å². The summed E-state index contributed by atoms with van der Waals surface area (Å²) in [4.78, 5) is 35.8. The van der Waals surface area contributed by atoms with Crippen LogP contribution in [0.3, 0.4) is 0 Å². The number of nitrogens with one attached hydrogen (secondary N) is 2. The van der Waals surface area contributed by atoms with Crippen molar-refractivity contribution >= 4 is 23.7 Å². The lowest BCUT2D eigenvalue weighted by atomic mass is 9.98. The second-order valence-electron chi connectivity index (χ2n) is 8.76. The molecule has 0 aromatic heterocycles. The van der Waals surface area contributed by atoms with Gasteiger partial charge in [0.25, 0.3) is 0 Å². The number of hydrogen-bond donors (Lipinski definition) is 3. The third-order valence-electron chi connectivity index (χ3n) is 6.45. The van der Waals surface area contributed by atoms with Crippen molar-refractivity contribution < 1.29 is 24.2 Å². The van der Waals surface area contributed by atoms with Gasteiger partial charge in [-0.3, -0.25) is 10.1 Å². The first kappa shape index (κ1) is 21.7. The van der Waals surface area contributed by atoms with Gasteiger partial charge in [-0.15, -0.1) is 0 Å². The topological polar surface area (TPSA) is 105 Å². The van der Waals surface area contributed by atoms with Crippen LogP contribution in [0, 0.1) is 0 Å². The van der Waals surface area contributed by atoms with E-state index >= 15 is 0 Å². The number of carbonyl (C=O) groups is 3. The van der Waals surface area contributed by atoms with Crippen LogP contribution < -0.4 is 10.6 Å². The average molecular weight is 456 g/mol. The molecule has 0 atom stereocenters. The maximum Gasteiger partial charge on any atom is 0.411 e. The van der Waals surface area contributed by atoms with Gasteiger partial charge >= 0.3 is 12.1 Å². The van der Waals surface area contributed by atoms with Gasteiger partial charge < -0.3 is 15.2 Å². The molecule has 0 bridgehead atoms. The van der Waals surface area contributed by atoms with E-state index in [1.807, 2.05) is 24.3 Å². The molecule has 0 saturated heterocycles. The zero-order valence-electron chi connectivity index (χ0n) is 18.4. The maximum atomic E-state index is 12.4. The first-order valence-corrected chi connectivity index (χ1v) is 11.2. The van der Waals surface area contributed by atoms with Crippen molar-refractivity contribution in [2.24, 2.45) is 0 Å². The molecule has 0 unspecified atom stereocenters. The Morgan fingerprint density at radius 1 is 0.882 bits per heavy atom. The molecule has 5 rings (SSSR count). The number of aliphatic carboxylic acids is 1. The summed E-state index contributed by atoms with van der Waals surface area (Å²) in [6, 6.07) is 23.1. The molecule has 1 fully saturated rings. The fourth-order valence-corrected chi connectivity index (χ4v) is 4.47. The number of benzene rings is 3. The number of anilines is 1. The number of carboxylic acid groups (broad SMARTS) is 1. The van der Waals surface area contributed by atoms with Crippen LogP contribution in [0.25, 0.3) is 11.1 Å². The monoisotopic (exact) mass is 456 g/mol. The van der Waals surface area contributed by atoms with Gasteiger partial charge in [0.15, 0.2) is 0 Å². The standard InChI is InChI=1S/C27H24N2O5/c30-24(29-27(13-14-27)25(31)32)15-17-9-11-18(12-10-17)28-26(33)34-16-23-21-7-3-1-5-19(21)20-6-2-4-8-22(20)23/h1-12,23H,13-16H2,(H,28,33)(H,29,30)(H,31,32). The van der Waals surface area contributed by atoms with Gasteiger partial charge in [0.05, 0.1) is 6.42 Å². The third kappa shape index (κ3) is 4.24. The molecule has 7 nitrogen and oxygen atoms in total. The second kappa shape index (κ2) is 8.67. The molecule has 0 heterocycles. The number of carboxylic acids is 1. The Balaban J connectivity index is 1.16. The summed E-state index contributed by atoms with van der Waals surface area (Å²) in [7, 11) is 0. The number of ether oxygens (including phenoxy) is 1. The Bertz CT molecular complexity index is 1220. The van der Waals surface area contributed by atoms with Crippen LogP contribution in [0.15, 0.2) is 72.8 Å². The number of fused-ring (bicyclic) bond motifs is 3. The number of amides is 2. The average Bonchev–Trinajstić information content (AvgIpc) is 3.55. The van der Waals surface area contributed by atoms with Gasteiger partial charge in [-0.05, 0) is 52.8 Å². The van der Waals surface area contributed by atoms with Crippen molar-refractivity contribution in [1.82, 2.24) is 5.32 Å². The summed E-state index contributed by atoms with van der Waals surface area (Å²) in [5, 5.41) is 14.5. The minimum atomic E-state index is -1.09. The highest BCUT2D eigenvalue weighted by atomic mass is 16.5. The molecule has 3 aromatic rings. The van der Waals surface area contributed by atoms with Crippen molar-refractivity contribution in [3.63, 3.8) is 0 Å². The van der Waals surface area contributed by atoms with E-state index in [-0.39, 0.29) is 24.9 Å². The van der Waals surface area contributed by atoms with Gasteiger partial charge in [0.2, 0.25) is 5.91 Å². The minimum absolute atomic E-state index is 0.0143. The normalized spacial score (nSPS) is 15.1. The molecule has 0 spiro atoms. The second-order valence-corrected chi connectivity index (χ2v) is 8.76. The largest absolute Gasteiger partial charge is 0.480 e. The predicted molar refractivity (Wildman–Crippen MR) is 127 cm³/mol. The van der Waals surface area contributed by atoms with Gasteiger partial charge in [-0.1, -0.05) is 60.7 Å². The maximum absolute atomic E-state index is 12.4. The van der Waals surface area contributed by atoms with Crippen LogP contribution in [0.2, 0.25) is 0 Å². The van der Waals surface area contributed by atoms with Gasteiger partial charge in [0, 0.05) is 11.6 Å². The highest BCUT2D eigenvalue weighted by molar-refractivity contribution is 5.90. The summed E-state index contributed by atoms with van der Waals surface area (Å²) in [6.07, 6.45) is 0.429. The Labute approximate surface area is 196 Å². The highest BCUT2D eigenvalue weighted by Crippen LogP contribution is 2.44. The van der Waals surface area contributed by atoms with Crippen LogP contribution in [0.4, 0.5) is 10.5 Å². The Morgan fingerprint density at radius 3 is 2.03 bits per heavy atom. The van der Waals surface area contributed by atoms with Crippen molar-refractivity contribution in [1.29, 1.82) is 0 Å². The van der Waals surface area contributed by atoms with E-state index in [0.29, 0.717) is 18.5 Å². The third-order valence-corrected chi connectivity index (χ3v) is 6.45. The van der Waals surface area contributed by atoms with Crippen LogP contribution in [0.5, 0.6) is 0 Å². The van der Waals surface area contributed by atoms with Crippen LogP contribution in [-0.2, 0) is 20.7 Å². The van der Waals surface area contributed by atoms with Gasteiger partial charge in [-0.25, -0.2) is 9.59 Å². The zero-order chi connectivity index (χ0) is 23.7. The molecule has 7 heteroatoms. The van der Waals surface area contributed by atoms with E-state index in [2.05, 4.69) is 34.9 Å². The Morgan fingerprint density at radius 2 is 1.47 bits per heavy atom. The molecule has 3 N–H and O–H groups in total. The SMILES string of the molecule is O=C(Cc1ccc(NC(=O)OCC2c3ccccc3-c3ccccc32)cc1)NC1(C(=O)O)CC1. The van der Waals surface area contributed by atoms with E-state index in [1.165, 1.54) is 11.1 Å². The lowest BCUT2D eigenvalue weighted by molar-refractivity contribution is -0.143. The van der Waals surface area contributed by atoms with E-state index in [4.69, 9.17) is 4.74 Å². The number of rotatable bonds is 7. The fraction of sp³-hybridized carbons (Fsp3) is 0.222. The van der Waals surface area contributed by atoms with Crippen molar-refractivity contribution in [3.05, 3.63) is 89.5 Å². The molecule has 3 aromatic carbocycles. The van der Waals surface area contributed by atoms with Crippen molar-refractivity contribution in [2.45, 2.75) is 30.7 Å². The van der Waals surface area contributed by atoms with E-state index in [1.54, 1.807) is 24.3 Å². The fourth-order valence-electron chi connectivity index (χ4n) is 4.47. The zero-order valence-corrected chi connectivity index (χ0v) is 18.4. The van der Waals surface area contributed by atoms with E-state index in [9.17, 15) is 19.5 Å². The number of hydrogen-bond acceptors (Lipinski definition) is 4. The van der Waals surface area contributed by atoms with E-state index < -0.39 is 17.6 Å². The molecule has 0 aliphatic heterocycles.